The van der Waals surface area contributed by atoms with Crippen molar-refractivity contribution in [3.8, 4) is 0 Å². The Bertz CT molecular complexity index is 374. The van der Waals surface area contributed by atoms with Crippen LogP contribution in [0.3, 0.4) is 0 Å². The zero-order valence-corrected chi connectivity index (χ0v) is 10.4. The van der Waals surface area contributed by atoms with Crippen LogP contribution in [0.1, 0.15) is 36.8 Å². The smallest absolute Gasteiger partial charge is 0.123 e. The van der Waals surface area contributed by atoms with Crippen LogP contribution in [0.15, 0.2) is 18.2 Å². The maximum atomic E-state index is 13.2. The SMILES string of the molecule is Cc1ccc(F)cc1CC(CC1CCC1)NN. The second-order valence-corrected chi connectivity index (χ2v) is 5.17. The predicted octanol–water partition coefficient (Wildman–Crippen LogP) is 2.70. The zero-order chi connectivity index (χ0) is 12.3. The first kappa shape index (κ1) is 12.5. The second-order valence-electron chi connectivity index (χ2n) is 5.17. The Balaban J connectivity index is 1.98. The van der Waals surface area contributed by atoms with Gasteiger partial charge in [0.25, 0.3) is 0 Å². The molecule has 1 unspecified atom stereocenters. The van der Waals surface area contributed by atoms with E-state index in [1.807, 2.05) is 13.0 Å². The summed E-state index contributed by atoms with van der Waals surface area (Å²) < 4.78 is 13.2. The van der Waals surface area contributed by atoms with Crippen molar-refractivity contribution in [3.05, 3.63) is 35.1 Å². The van der Waals surface area contributed by atoms with Crippen LogP contribution in [-0.4, -0.2) is 6.04 Å². The third kappa shape index (κ3) is 3.27. The minimum absolute atomic E-state index is 0.162. The lowest BCUT2D eigenvalue weighted by molar-refractivity contribution is 0.259. The van der Waals surface area contributed by atoms with E-state index < -0.39 is 0 Å². The van der Waals surface area contributed by atoms with Crippen LogP contribution in [0.25, 0.3) is 0 Å². The number of benzene rings is 1. The second kappa shape index (κ2) is 5.61. The van der Waals surface area contributed by atoms with Crippen LogP contribution in [0, 0.1) is 18.7 Å². The first-order valence-corrected chi connectivity index (χ1v) is 6.40. The van der Waals surface area contributed by atoms with Crippen molar-refractivity contribution in [1.29, 1.82) is 0 Å². The summed E-state index contributed by atoms with van der Waals surface area (Å²) in [6.07, 6.45) is 5.91. The Hall–Kier alpha value is -0.930. The number of rotatable bonds is 5. The van der Waals surface area contributed by atoms with Crippen molar-refractivity contribution in [1.82, 2.24) is 5.43 Å². The van der Waals surface area contributed by atoms with Gasteiger partial charge in [-0.2, -0.15) is 0 Å². The highest BCUT2D eigenvalue weighted by molar-refractivity contribution is 5.27. The zero-order valence-electron chi connectivity index (χ0n) is 10.4. The molecule has 2 rings (SSSR count). The number of nitrogens with one attached hydrogen (secondary N) is 1. The van der Waals surface area contributed by atoms with E-state index in [-0.39, 0.29) is 11.9 Å². The largest absolute Gasteiger partial charge is 0.271 e. The van der Waals surface area contributed by atoms with Gasteiger partial charge in [-0.3, -0.25) is 11.3 Å². The number of hydrazine groups is 1. The first-order valence-electron chi connectivity index (χ1n) is 6.40. The minimum atomic E-state index is -0.162. The van der Waals surface area contributed by atoms with E-state index in [0.29, 0.717) is 0 Å². The third-order valence-corrected chi connectivity index (χ3v) is 3.86. The van der Waals surface area contributed by atoms with Crippen LogP contribution in [-0.2, 0) is 6.42 Å². The van der Waals surface area contributed by atoms with Crippen molar-refractivity contribution in [2.45, 2.75) is 45.1 Å². The highest BCUT2D eigenvalue weighted by atomic mass is 19.1. The molecule has 0 heterocycles. The van der Waals surface area contributed by atoms with Crippen LogP contribution in [0.4, 0.5) is 4.39 Å². The fraction of sp³-hybridized carbons (Fsp3) is 0.571. The molecular weight excluding hydrogens is 215 g/mol. The molecule has 3 heteroatoms. The maximum absolute atomic E-state index is 13.2. The molecular formula is C14H21FN2. The maximum Gasteiger partial charge on any atom is 0.123 e. The normalized spacial score (nSPS) is 17.8. The van der Waals surface area contributed by atoms with E-state index in [2.05, 4.69) is 5.43 Å². The Morgan fingerprint density at radius 2 is 2.24 bits per heavy atom. The molecule has 94 valence electrons. The van der Waals surface area contributed by atoms with E-state index in [1.165, 1.54) is 25.3 Å². The fourth-order valence-electron chi connectivity index (χ4n) is 2.47. The number of hydrogen-bond acceptors (Lipinski definition) is 2. The molecule has 0 saturated heterocycles. The molecule has 0 bridgehead atoms. The molecule has 1 aliphatic rings. The lowest BCUT2D eigenvalue weighted by Gasteiger charge is -2.29. The summed E-state index contributed by atoms with van der Waals surface area (Å²) in [6, 6.07) is 5.23. The first-order chi connectivity index (χ1) is 8.19. The van der Waals surface area contributed by atoms with Crippen LogP contribution < -0.4 is 11.3 Å². The van der Waals surface area contributed by atoms with Crippen molar-refractivity contribution < 1.29 is 4.39 Å². The topological polar surface area (TPSA) is 38.0 Å². The summed E-state index contributed by atoms with van der Waals surface area (Å²) in [5.41, 5.74) is 5.08. The van der Waals surface area contributed by atoms with E-state index in [0.717, 1.165) is 29.9 Å². The van der Waals surface area contributed by atoms with E-state index in [9.17, 15) is 4.39 Å². The number of hydrogen-bond donors (Lipinski definition) is 2. The highest BCUT2D eigenvalue weighted by Gasteiger charge is 2.22. The van der Waals surface area contributed by atoms with E-state index in [4.69, 9.17) is 5.84 Å². The van der Waals surface area contributed by atoms with Crippen molar-refractivity contribution in [2.24, 2.45) is 11.8 Å². The summed E-state index contributed by atoms with van der Waals surface area (Å²) in [6.45, 7) is 2.02. The molecule has 1 atom stereocenters. The van der Waals surface area contributed by atoms with Gasteiger partial charge in [-0.15, -0.1) is 0 Å². The van der Waals surface area contributed by atoms with Gasteiger partial charge in [-0.25, -0.2) is 4.39 Å². The summed E-state index contributed by atoms with van der Waals surface area (Å²) in [4.78, 5) is 0. The summed E-state index contributed by atoms with van der Waals surface area (Å²) >= 11 is 0. The molecule has 0 radical (unpaired) electrons. The Kier molecular flexibility index (Phi) is 4.13. The van der Waals surface area contributed by atoms with Gasteiger partial charge in [-0.05, 0) is 48.9 Å². The van der Waals surface area contributed by atoms with Crippen molar-refractivity contribution in [3.63, 3.8) is 0 Å². The van der Waals surface area contributed by atoms with Crippen LogP contribution >= 0.6 is 0 Å². The predicted molar refractivity (Wildman–Crippen MR) is 67.9 cm³/mol. The minimum Gasteiger partial charge on any atom is -0.271 e. The average Bonchev–Trinajstić information content (AvgIpc) is 2.26. The molecule has 1 fully saturated rings. The highest BCUT2D eigenvalue weighted by Crippen LogP contribution is 2.31. The van der Waals surface area contributed by atoms with Gasteiger partial charge < -0.3 is 0 Å². The Labute approximate surface area is 102 Å². The number of nitrogens with two attached hydrogens (primary N) is 1. The lowest BCUT2D eigenvalue weighted by Crippen LogP contribution is -2.39. The molecule has 0 aliphatic heterocycles. The van der Waals surface area contributed by atoms with Gasteiger partial charge in [0, 0.05) is 6.04 Å². The number of aryl methyl sites for hydroxylation is 1. The van der Waals surface area contributed by atoms with Gasteiger partial charge >= 0.3 is 0 Å². The van der Waals surface area contributed by atoms with Crippen molar-refractivity contribution in [2.75, 3.05) is 0 Å². The lowest BCUT2D eigenvalue weighted by atomic mass is 9.80. The summed E-state index contributed by atoms with van der Waals surface area (Å²) in [7, 11) is 0. The average molecular weight is 236 g/mol. The van der Waals surface area contributed by atoms with Gasteiger partial charge in [0.2, 0.25) is 0 Å². The quantitative estimate of drug-likeness (QED) is 0.609. The summed E-state index contributed by atoms with van der Waals surface area (Å²) in [5.74, 6) is 6.24. The summed E-state index contributed by atoms with van der Waals surface area (Å²) in [5, 5.41) is 0. The van der Waals surface area contributed by atoms with Crippen molar-refractivity contribution >= 4 is 0 Å². The van der Waals surface area contributed by atoms with E-state index >= 15 is 0 Å². The van der Waals surface area contributed by atoms with Gasteiger partial charge in [0.05, 0.1) is 0 Å². The molecule has 3 N–H and O–H groups in total. The van der Waals surface area contributed by atoms with Crippen LogP contribution in [0.2, 0.25) is 0 Å². The molecule has 0 spiro atoms. The molecule has 0 aromatic heterocycles. The van der Waals surface area contributed by atoms with Crippen LogP contribution in [0.5, 0.6) is 0 Å². The van der Waals surface area contributed by atoms with E-state index in [1.54, 1.807) is 6.07 Å². The van der Waals surface area contributed by atoms with Gasteiger partial charge in [-0.1, -0.05) is 25.3 Å². The Morgan fingerprint density at radius 1 is 1.47 bits per heavy atom. The fourth-order valence-corrected chi connectivity index (χ4v) is 2.47. The van der Waals surface area contributed by atoms with Gasteiger partial charge in [0.15, 0.2) is 0 Å². The molecule has 1 saturated carbocycles. The molecule has 0 amide bonds. The molecule has 17 heavy (non-hydrogen) atoms. The molecule has 1 aromatic carbocycles. The van der Waals surface area contributed by atoms with Gasteiger partial charge in [0.1, 0.15) is 5.82 Å². The third-order valence-electron chi connectivity index (χ3n) is 3.86. The Morgan fingerprint density at radius 3 is 2.82 bits per heavy atom. The molecule has 1 aliphatic carbocycles. The number of halogens is 1. The monoisotopic (exact) mass is 236 g/mol. The molecule has 1 aromatic rings. The molecule has 2 nitrogen and oxygen atoms in total. The standard InChI is InChI=1S/C14H21FN2/c1-10-5-6-13(15)8-12(10)9-14(17-16)7-11-3-2-4-11/h5-6,8,11,14,17H,2-4,7,9,16H2,1H3.